The highest BCUT2D eigenvalue weighted by Crippen LogP contribution is 2.24. The number of benzene rings is 2. The topological polar surface area (TPSA) is 122 Å². The molecule has 2 aromatic carbocycles. The molecule has 0 unspecified atom stereocenters. The van der Waals surface area contributed by atoms with Gasteiger partial charge in [0.2, 0.25) is 0 Å². The Morgan fingerprint density at radius 2 is 2.08 bits per heavy atom. The number of H-pyrrole nitrogens is 1. The van der Waals surface area contributed by atoms with Crippen LogP contribution in [0.4, 0.5) is 11.6 Å². The predicted octanol–water partition coefficient (Wildman–Crippen LogP) is 3.17. The van der Waals surface area contributed by atoms with E-state index < -0.39 is 4.92 Å². The number of rotatable bonds is 4. The Morgan fingerprint density at radius 1 is 1.23 bits per heavy atom. The van der Waals surface area contributed by atoms with E-state index in [4.69, 9.17) is 0 Å². The van der Waals surface area contributed by atoms with Gasteiger partial charge >= 0.3 is 0 Å². The van der Waals surface area contributed by atoms with Gasteiger partial charge in [-0.2, -0.15) is 10.1 Å². The van der Waals surface area contributed by atoms with Crippen molar-refractivity contribution in [3.63, 3.8) is 0 Å². The monoisotopic (exact) mass is 347 g/mol. The lowest BCUT2D eigenvalue weighted by molar-refractivity contribution is -0.384. The molecule has 4 aromatic rings. The number of hydrazone groups is 1. The zero-order valence-corrected chi connectivity index (χ0v) is 13.7. The molecule has 0 atom stereocenters. The second-order valence-corrected chi connectivity index (χ2v) is 5.68. The number of fused-ring (bicyclic) bond motifs is 3. The number of aromatic nitrogens is 4. The highest BCUT2D eigenvalue weighted by molar-refractivity contribution is 6.04. The van der Waals surface area contributed by atoms with Crippen molar-refractivity contribution in [2.24, 2.45) is 5.10 Å². The largest absolute Gasteiger partial charge is 0.337 e. The van der Waals surface area contributed by atoms with E-state index in [0.717, 1.165) is 16.5 Å². The maximum absolute atomic E-state index is 10.8. The SMILES string of the molecule is Cc1cccc2c1[nH]c1nc(N/N=C\c3cccc([N+](=O)[O-])c3)nnc12. The lowest BCUT2D eigenvalue weighted by atomic mass is 10.1. The summed E-state index contributed by atoms with van der Waals surface area (Å²) in [6.45, 7) is 2.01. The van der Waals surface area contributed by atoms with Crippen LogP contribution in [0.2, 0.25) is 0 Å². The molecule has 0 saturated heterocycles. The van der Waals surface area contributed by atoms with E-state index in [1.165, 1.54) is 18.3 Å². The third-order valence-corrected chi connectivity index (χ3v) is 3.92. The van der Waals surface area contributed by atoms with Crippen LogP contribution in [-0.4, -0.2) is 31.3 Å². The quantitative estimate of drug-likeness (QED) is 0.332. The fourth-order valence-electron chi connectivity index (χ4n) is 2.67. The van der Waals surface area contributed by atoms with Crippen LogP contribution in [0, 0.1) is 17.0 Å². The molecule has 2 heterocycles. The van der Waals surface area contributed by atoms with Crippen molar-refractivity contribution in [2.45, 2.75) is 6.92 Å². The summed E-state index contributed by atoms with van der Waals surface area (Å²) in [7, 11) is 0. The van der Waals surface area contributed by atoms with E-state index >= 15 is 0 Å². The number of nitro groups is 1. The van der Waals surface area contributed by atoms with Gasteiger partial charge in [-0.1, -0.05) is 30.3 Å². The second kappa shape index (κ2) is 6.20. The molecular weight excluding hydrogens is 334 g/mol. The van der Waals surface area contributed by atoms with Gasteiger partial charge in [0.25, 0.3) is 11.6 Å². The number of aromatic amines is 1. The van der Waals surface area contributed by atoms with Crippen molar-refractivity contribution in [1.82, 2.24) is 20.2 Å². The van der Waals surface area contributed by atoms with Crippen molar-refractivity contribution < 1.29 is 4.92 Å². The lowest BCUT2D eigenvalue weighted by Crippen LogP contribution is -1.99. The maximum atomic E-state index is 10.8. The molecule has 0 amide bonds. The van der Waals surface area contributed by atoms with Crippen molar-refractivity contribution in [3.8, 4) is 0 Å². The molecule has 0 fully saturated rings. The Hall–Kier alpha value is -3.88. The fraction of sp³-hybridized carbons (Fsp3) is 0.0588. The Labute approximate surface area is 146 Å². The molecule has 0 spiro atoms. The van der Waals surface area contributed by atoms with Gasteiger partial charge in [0.15, 0.2) is 5.65 Å². The Balaban J connectivity index is 1.59. The Morgan fingerprint density at radius 3 is 2.92 bits per heavy atom. The van der Waals surface area contributed by atoms with E-state index in [1.54, 1.807) is 12.1 Å². The highest BCUT2D eigenvalue weighted by Gasteiger charge is 2.10. The number of hydrogen-bond acceptors (Lipinski definition) is 7. The van der Waals surface area contributed by atoms with Crippen LogP contribution < -0.4 is 5.43 Å². The standard InChI is InChI=1S/C17H13N7O2/c1-10-4-2-7-13-14(10)19-16-15(13)21-23-17(20-16)22-18-9-11-5-3-6-12(8-11)24(25)26/h2-9H,1H3,(H2,19,20,22,23)/b18-9-. The van der Waals surface area contributed by atoms with E-state index in [2.05, 4.69) is 30.7 Å². The molecule has 0 bridgehead atoms. The van der Waals surface area contributed by atoms with Gasteiger partial charge < -0.3 is 4.98 Å². The molecule has 26 heavy (non-hydrogen) atoms. The van der Waals surface area contributed by atoms with E-state index in [0.29, 0.717) is 16.7 Å². The van der Waals surface area contributed by atoms with Gasteiger partial charge in [-0.15, -0.1) is 10.2 Å². The van der Waals surface area contributed by atoms with Gasteiger partial charge in [0.05, 0.1) is 16.7 Å². The predicted molar refractivity (Wildman–Crippen MR) is 98.2 cm³/mol. The van der Waals surface area contributed by atoms with Gasteiger partial charge in [0, 0.05) is 23.1 Å². The number of nitrogens with zero attached hydrogens (tertiary/aromatic N) is 5. The normalized spacial score (nSPS) is 11.4. The van der Waals surface area contributed by atoms with Crippen LogP contribution in [0.3, 0.4) is 0 Å². The maximum Gasteiger partial charge on any atom is 0.270 e. The highest BCUT2D eigenvalue weighted by atomic mass is 16.6. The Bertz CT molecular complexity index is 1170. The molecule has 0 aliphatic heterocycles. The molecule has 9 nitrogen and oxygen atoms in total. The number of non-ortho nitro benzene ring substituents is 1. The molecule has 0 aliphatic rings. The summed E-state index contributed by atoms with van der Waals surface area (Å²) in [5.74, 6) is 0.225. The number of anilines is 1. The van der Waals surface area contributed by atoms with E-state index in [9.17, 15) is 10.1 Å². The summed E-state index contributed by atoms with van der Waals surface area (Å²) >= 11 is 0. The fourth-order valence-corrected chi connectivity index (χ4v) is 2.67. The first-order valence-electron chi connectivity index (χ1n) is 7.77. The number of aryl methyl sites for hydroxylation is 1. The molecule has 0 radical (unpaired) electrons. The first-order chi connectivity index (χ1) is 12.6. The van der Waals surface area contributed by atoms with Gasteiger partial charge in [-0.05, 0) is 12.5 Å². The molecule has 9 heteroatoms. The molecule has 2 aromatic heterocycles. The van der Waals surface area contributed by atoms with Gasteiger partial charge in [-0.3, -0.25) is 10.1 Å². The molecule has 2 N–H and O–H groups in total. The lowest BCUT2D eigenvalue weighted by Gasteiger charge is -1.97. The summed E-state index contributed by atoms with van der Waals surface area (Å²) in [5, 5.41) is 24.0. The summed E-state index contributed by atoms with van der Waals surface area (Å²) in [4.78, 5) is 17.9. The van der Waals surface area contributed by atoms with Crippen molar-refractivity contribution >= 4 is 39.9 Å². The minimum Gasteiger partial charge on any atom is -0.337 e. The average Bonchev–Trinajstić information content (AvgIpc) is 3.01. The zero-order valence-electron chi connectivity index (χ0n) is 13.7. The second-order valence-electron chi connectivity index (χ2n) is 5.68. The number of para-hydroxylation sites is 1. The minimum atomic E-state index is -0.455. The number of nitrogens with one attached hydrogen (secondary N) is 2. The first kappa shape index (κ1) is 15.6. The van der Waals surface area contributed by atoms with Gasteiger partial charge in [-0.25, -0.2) is 5.43 Å². The van der Waals surface area contributed by atoms with E-state index in [-0.39, 0.29) is 11.6 Å². The van der Waals surface area contributed by atoms with Crippen LogP contribution in [0.15, 0.2) is 47.6 Å². The molecular formula is C17H13N7O2. The average molecular weight is 347 g/mol. The van der Waals surface area contributed by atoms with E-state index in [1.807, 2.05) is 25.1 Å². The molecule has 128 valence electrons. The third kappa shape index (κ3) is 2.81. The van der Waals surface area contributed by atoms with Crippen LogP contribution in [0.5, 0.6) is 0 Å². The number of nitro benzene ring substituents is 1. The summed E-state index contributed by atoms with van der Waals surface area (Å²) in [5.41, 5.74) is 6.65. The van der Waals surface area contributed by atoms with Gasteiger partial charge in [0.1, 0.15) is 5.52 Å². The zero-order chi connectivity index (χ0) is 18.1. The summed E-state index contributed by atoms with van der Waals surface area (Å²) in [6, 6.07) is 12.1. The van der Waals surface area contributed by atoms with Crippen LogP contribution >= 0.6 is 0 Å². The first-order valence-corrected chi connectivity index (χ1v) is 7.77. The van der Waals surface area contributed by atoms with Crippen molar-refractivity contribution in [3.05, 3.63) is 63.7 Å². The van der Waals surface area contributed by atoms with Crippen LogP contribution in [0.1, 0.15) is 11.1 Å². The Kier molecular flexibility index (Phi) is 3.73. The smallest absolute Gasteiger partial charge is 0.270 e. The minimum absolute atomic E-state index is 0.00160. The third-order valence-electron chi connectivity index (χ3n) is 3.92. The number of hydrogen-bond donors (Lipinski definition) is 2. The van der Waals surface area contributed by atoms with Crippen LogP contribution in [0.25, 0.3) is 22.1 Å². The van der Waals surface area contributed by atoms with Crippen LogP contribution in [-0.2, 0) is 0 Å². The molecule has 0 aliphatic carbocycles. The van der Waals surface area contributed by atoms with Crippen molar-refractivity contribution in [2.75, 3.05) is 5.43 Å². The molecule has 4 rings (SSSR count). The summed E-state index contributed by atoms with van der Waals surface area (Å²) in [6.07, 6.45) is 1.45. The summed E-state index contributed by atoms with van der Waals surface area (Å²) < 4.78 is 0. The van der Waals surface area contributed by atoms with Crippen molar-refractivity contribution in [1.29, 1.82) is 0 Å². The molecule has 0 saturated carbocycles.